The zero-order valence-corrected chi connectivity index (χ0v) is 6.13. The predicted molar refractivity (Wildman–Crippen MR) is 38.3 cm³/mol. The highest BCUT2D eigenvalue weighted by Crippen LogP contribution is 2.19. The molecule has 0 saturated carbocycles. The molecule has 0 aromatic carbocycles. The predicted octanol–water partition coefficient (Wildman–Crippen LogP) is 1.99. The summed E-state index contributed by atoms with van der Waals surface area (Å²) in [6, 6.07) is 0. The topological polar surface area (TPSA) is 12.5 Å². The Bertz CT molecular complexity index is 103. The van der Waals surface area contributed by atoms with E-state index >= 15 is 0 Å². The molecule has 9 heavy (non-hydrogen) atoms. The van der Waals surface area contributed by atoms with Crippen LogP contribution >= 0.6 is 0 Å². The Hall–Kier alpha value is -0.300. The van der Waals surface area contributed by atoms with Crippen LogP contribution in [0.4, 0.5) is 0 Å². The van der Waals surface area contributed by atoms with Gasteiger partial charge in [-0.1, -0.05) is 19.1 Å². The molecule has 0 unspecified atom stereocenters. The van der Waals surface area contributed by atoms with E-state index in [1.807, 2.05) is 0 Å². The average Bonchev–Trinajstić information content (AvgIpc) is 2.50. The highest BCUT2D eigenvalue weighted by molar-refractivity contribution is 4.86. The van der Waals surface area contributed by atoms with Crippen molar-refractivity contribution in [3.05, 3.63) is 12.2 Å². The lowest BCUT2D eigenvalue weighted by Gasteiger charge is -1.99. The van der Waals surface area contributed by atoms with Crippen LogP contribution in [-0.4, -0.2) is 12.7 Å². The van der Waals surface area contributed by atoms with Crippen molar-refractivity contribution in [1.29, 1.82) is 0 Å². The van der Waals surface area contributed by atoms with Gasteiger partial charge in [0, 0.05) is 0 Å². The van der Waals surface area contributed by atoms with Gasteiger partial charge in [-0.2, -0.15) is 0 Å². The molecule has 0 N–H and O–H groups in total. The Balaban J connectivity index is 2.09. The fourth-order valence-corrected chi connectivity index (χ4v) is 1.03. The molecule has 1 aliphatic rings. The van der Waals surface area contributed by atoms with Crippen LogP contribution in [0.3, 0.4) is 0 Å². The Kier molecular flexibility index (Phi) is 2.29. The molecule has 0 bridgehead atoms. The quantitative estimate of drug-likeness (QED) is 0.416. The first-order valence-electron chi connectivity index (χ1n) is 3.57. The molecule has 52 valence electrons. The highest BCUT2D eigenvalue weighted by atomic mass is 16.6. The first-order valence-corrected chi connectivity index (χ1v) is 3.57. The number of ether oxygens (including phenoxy) is 1. The van der Waals surface area contributed by atoms with Crippen molar-refractivity contribution in [2.45, 2.75) is 26.4 Å². The molecular weight excluding hydrogens is 112 g/mol. The Morgan fingerprint density at radius 2 is 2.44 bits per heavy atom. The third kappa shape index (κ3) is 2.66. The molecule has 0 aromatic rings. The van der Waals surface area contributed by atoms with Crippen molar-refractivity contribution in [2.75, 3.05) is 6.61 Å². The summed E-state index contributed by atoms with van der Waals surface area (Å²) in [5.74, 6) is 0.697. The number of rotatable bonds is 3. The van der Waals surface area contributed by atoms with E-state index in [0.717, 1.165) is 6.61 Å². The maximum absolute atomic E-state index is 5.09. The zero-order chi connectivity index (χ0) is 6.69. The van der Waals surface area contributed by atoms with Crippen molar-refractivity contribution >= 4 is 0 Å². The van der Waals surface area contributed by atoms with E-state index in [9.17, 15) is 0 Å². The second kappa shape index (κ2) is 3.02. The summed E-state index contributed by atoms with van der Waals surface area (Å²) in [5, 5.41) is 0. The molecule has 0 amide bonds. The zero-order valence-electron chi connectivity index (χ0n) is 6.13. The van der Waals surface area contributed by atoms with E-state index in [2.05, 4.69) is 26.0 Å². The van der Waals surface area contributed by atoms with E-state index in [0.29, 0.717) is 12.0 Å². The van der Waals surface area contributed by atoms with Gasteiger partial charge in [0.05, 0.1) is 12.7 Å². The van der Waals surface area contributed by atoms with Gasteiger partial charge in [0.2, 0.25) is 0 Å². The molecule has 1 rings (SSSR count). The van der Waals surface area contributed by atoms with Crippen LogP contribution in [0, 0.1) is 5.92 Å². The number of epoxide rings is 1. The summed E-state index contributed by atoms with van der Waals surface area (Å²) in [7, 11) is 0. The molecule has 2 atom stereocenters. The van der Waals surface area contributed by atoms with Gasteiger partial charge in [-0.3, -0.25) is 0 Å². The van der Waals surface area contributed by atoms with Gasteiger partial charge in [0.1, 0.15) is 0 Å². The van der Waals surface area contributed by atoms with E-state index in [-0.39, 0.29) is 0 Å². The van der Waals surface area contributed by atoms with E-state index < -0.39 is 0 Å². The highest BCUT2D eigenvalue weighted by Gasteiger charge is 2.23. The molecule has 0 aromatic heterocycles. The Morgan fingerprint density at radius 3 is 2.89 bits per heavy atom. The first kappa shape index (κ1) is 6.81. The molecule has 1 fully saturated rings. The minimum atomic E-state index is 0.580. The van der Waals surface area contributed by atoms with Gasteiger partial charge in [-0.15, -0.1) is 0 Å². The van der Waals surface area contributed by atoms with Crippen LogP contribution in [0.1, 0.15) is 20.3 Å². The summed E-state index contributed by atoms with van der Waals surface area (Å²) >= 11 is 0. The third-order valence-electron chi connectivity index (χ3n) is 1.56. The van der Waals surface area contributed by atoms with Crippen LogP contribution in [0.25, 0.3) is 0 Å². The fraction of sp³-hybridized carbons (Fsp3) is 0.750. The van der Waals surface area contributed by atoms with Crippen molar-refractivity contribution in [3.63, 3.8) is 0 Å². The van der Waals surface area contributed by atoms with Gasteiger partial charge < -0.3 is 4.74 Å². The summed E-state index contributed by atoms with van der Waals surface area (Å²) in [6.07, 6.45) is 6.11. The van der Waals surface area contributed by atoms with Crippen molar-refractivity contribution in [3.8, 4) is 0 Å². The van der Waals surface area contributed by atoms with E-state index in [4.69, 9.17) is 4.74 Å². The lowest BCUT2D eigenvalue weighted by Crippen LogP contribution is -1.94. The molecule has 1 aliphatic heterocycles. The standard InChI is InChI=1S/C8H14O/c1-3-4-7(2)5-8-6-9-8/h3-4,7-8H,5-6H2,1-2H3/t7-,8-/m1/s1. The molecule has 0 aliphatic carbocycles. The SMILES string of the molecule is CC=C[C@@H](C)C[C@@H]1CO1. The first-order chi connectivity index (χ1) is 4.33. The minimum absolute atomic E-state index is 0.580. The van der Waals surface area contributed by atoms with Gasteiger partial charge in [0.15, 0.2) is 0 Å². The molecule has 0 radical (unpaired) electrons. The fourth-order valence-electron chi connectivity index (χ4n) is 1.03. The van der Waals surface area contributed by atoms with Crippen LogP contribution < -0.4 is 0 Å². The van der Waals surface area contributed by atoms with Crippen molar-refractivity contribution in [2.24, 2.45) is 5.92 Å². The second-order valence-electron chi connectivity index (χ2n) is 2.69. The molecule has 1 saturated heterocycles. The molecule has 0 spiro atoms. The smallest absolute Gasteiger partial charge is 0.0815 e. The molecular formula is C8H14O. The number of allylic oxidation sites excluding steroid dienone is 2. The van der Waals surface area contributed by atoms with Crippen LogP contribution in [0.5, 0.6) is 0 Å². The van der Waals surface area contributed by atoms with Gasteiger partial charge in [-0.25, -0.2) is 0 Å². The van der Waals surface area contributed by atoms with Gasteiger partial charge >= 0.3 is 0 Å². The summed E-state index contributed by atoms with van der Waals surface area (Å²) in [5.41, 5.74) is 0. The Morgan fingerprint density at radius 1 is 1.78 bits per heavy atom. The molecule has 1 nitrogen and oxygen atoms in total. The largest absolute Gasteiger partial charge is 0.373 e. The van der Waals surface area contributed by atoms with E-state index in [1.165, 1.54) is 6.42 Å². The van der Waals surface area contributed by atoms with Gasteiger partial charge in [0.25, 0.3) is 0 Å². The van der Waals surface area contributed by atoms with Crippen molar-refractivity contribution < 1.29 is 4.74 Å². The molecule has 1 heterocycles. The maximum atomic E-state index is 5.09. The Labute approximate surface area is 56.7 Å². The normalized spacial score (nSPS) is 28.9. The second-order valence-corrected chi connectivity index (χ2v) is 2.69. The number of hydrogen-bond donors (Lipinski definition) is 0. The lowest BCUT2D eigenvalue weighted by molar-refractivity contribution is 0.379. The van der Waals surface area contributed by atoms with Crippen LogP contribution in [0.2, 0.25) is 0 Å². The third-order valence-corrected chi connectivity index (χ3v) is 1.56. The van der Waals surface area contributed by atoms with Gasteiger partial charge in [-0.05, 0) is 19.3 Å². The lowest BCUT2D eigenvalue weighted by atomic mass is 10.1. The van der Waals surface area contributed by atoms with Crippen molar-refractivity contribution in [1.82, 2.24) is 0 Å². The minimum Gasteiger partial charge on any atom is -0.373 e. The monoisotopic (exact) mass is 126 g/mol. The van der Waals surface area contributed by atoms with E-state index in [1.54, 1.807) is 0 Å². The molecule has 1 heteroatoms. The van der Waals surface area contributed by atoms with Crippen LogP contribution in [0.15, 0.2) is 12.2 Å². The summed E-state index contributed by atoms with van der Waals surface area (Å²) in [6.45, 7) is 5.27. The average molecular weight is 126 g/mol. The summed E-state index contributed by atoms with van der Waals surface area (Å²) in [4.78, 5) is 0. The van der Waals surface area contributed by atoms with Crippen LogP contribution in [-0.2, 0) is 4.74 Å². The number of hydrogen-bond acceptors (Lipinski definition) is 1. The summed E-state index contributed by atoms with van der Waals surface area (Å²) < 4.78 is 5.09. The maximum Gasteiger partial charge on any atom is 0.0815 e.